The second-order valence-corrected chi connectivity index (χ2v) is 4.29. The number of carbonyl (C=O) groups is 1. The van der Waals surface area contributed by atoms with Gasteiger partial charge in [-0.3, -0.25) is 4.79 Å². The number of hydrogen-bond donors (Lipinski definition) is 1. The van der Waals surface area contributed by atoms with E-state index in [4.69, 9.17) is 4.74 Å². The summed E-state index contributed by atoms with van der Waals surface area (Å²) in [6.07, 6.45) is 0. The number of carbonyl (C=O) groups excluding carboxylic acids is 1. The fourth-order valence-corrected chi connectivity index (χ4v) is 1.36. The second-order valence-electron chi connectivity index (χ2n) is 4.29. The zero-order valence-electron chi connectivity index (χ0n) is 10.3. The summed E-state index contributed by atoms with van der Waals surface area (Å²) >= 11 is 0. The van der Waals surface area contributed by atoms with Crippen molar-refractivity contribution in [3.05, 3.63) is 29.3 Å². The number of nitrogens with one attached hydrogen (secondary N) is 1. The van der Waals surface area contributed by atoms with Crippen LogP contribution in [0, 0.1) is 12.8 Å². The SMILES string of the molecule is COc1cc(C(=O)NCC(C)C)ccc1C. The van der Waals surface area contributed by atoms with Gasteiger partial charge in [-0.2, -0.15) is 0 Å². The lowest BCUT2D eigenvalue weighted by molar-refractivity contribution is 0.0948. The van der Waals surface area contributed by atoms with Crippen LogP contribution in [0.5, 0.6) is 5.75 Å². The van der Waals surface area contributed by atoms with Crippen molar-refractivity contribution in [2.45, 2.75) is 20.8 Å². The first-order valence-electron chi connectivity index (χ1n) is 5.47. The van der Waals surface area contributed by atoms with E-state index >= 15 is 0 Å². The van der Waals surface area contributed by atoms with Crippen LogP contribution < -0.4 is 10.1 Å². The molecule has 0 saturated carbocycles. The molecule has 1 amide bonds. The fourth-order valence-electron chi connectivity index (χ4n) is 1.36. The van der Waals surface area contributed by atoms with Gasteiger partial charge in [0.1, 0.15) is 5.75 Å². The van der Waals surface area contributed by atoms with Crippen molar-refractivity contribution in [3.63, 3.8) is 0 Å². The minimum absolute atomic E-state index is 0.0491. The normalized spacial score (nSPS) is 10.3. The van der Waals surface area contributed by atoms with Gasteiger partial charge in [0.25, 0.3) is 5.91 Å². The van der Waals surface area contributed by atoms with E-state index in [1.807, 2.05) is 19.1 Å². The van der Waals surface area contributed by atoms with E-state index in [9.17, 15) is 4.79 Å². The summed E-state index contributed by atoms with van der Waals surface area (Å²) in [4.78, 5) is 11.8. The zero-order chi connectivity index (χ0) is 12.1. The molecule has 16 heavy (non-hydrogen) atoms. The molecule has 0 aliphatic heterocycles. The van der Waals surface area contributed by atoms with Crippen molar-refractivity contribution in [2.24, 2.45) is 5.92 Å². The Morgan fingerprint density at radius 1 is 1.44 bits per heavy atom. The third-order valence-electron chi connectivity index (χ3n) is 2.34. The van der Waals surface area contributed by atoms with Crippen molar-refractivity contribution in [2.75, 3.05) is 13.7 Å². The van der Waals surface area contributed by atoms with Gasteiger partial charge < -0.3 is 10.1 Å². The minimum Gasteiger partial charge on any atom is -0.496 e. The molecule has 3 heteroatoms. The van der Waals surface area contributed by atoms with Crippen LogP contribution in [-0.2, 0) is 0 Å². The highest BCUT2D eigenvalue weighted by molar-refractivity contribution is 5.94. The van der Waals surface area contributed by atoms with Gasteiger partial charge in [0.15, 0.2) is 0 Å². The van der Waals surface area contributed by atoms with E-state index in [0.717, 1.165) is 11.3 Å². The Bertz CT molecular complexity index is 372. The highest BCUT2D eigenvalue weighted by Crippen LogP contribution is 2.18. The van der Waals surface area contributed by atoms with E-state index in [-0.39, 0.29) is 5.91 Å². The molecule has 0 atom stereocenters. The van der Waals surface area contributed by atoms with Crippen LogP contribution in [0.25, 0.3) is 0 Å². The molecule has 1 aromatic rings. The standard InChI is InChI=1S/C13H19NO2/c1-9(2)8-14-13(15)11-6-5-10(3)12(7-11)16-4/h5-7,9H,8H2,1-4H3,(H,14,15). The Labute approximate surface area is 96.8 Å². The molecule has 0 aromatic heterocycles. The zero-order valence-corrected chi connectivity index (χ0v) is 10.3. The van der Waals surface area contributed by atoms with Crippen LogP contribution in [0.1, 0.15) is 29.8 Å². The first-order valence-corrected chi connectivity index (χ1v) is 5.47. The predicted molar refractivity (Wildman–Crippen MR) is 64.9 cm³/mol. The molecule has 0 saturated heterocycles. The van der Waals surface area contributed by atoms with Crippen molar-refractivity contribution in [1.29, 1.82) is 0 Å². The van der Waals surface area contributed by atoms with Gasteiger partial charge in [-0.1, -0.05) is 19.9 Å². The maximum Gasteiger partial charge on any atom is 0.251 e. The first kappa shape index (κ1) is 12.6. The quantitative estimate of drug-likeness (QED) is 0.847. The molecular weight excluding hydrogens is 202 g/mol. The van der Waals surface area contributed by atoms with Gasteiger partial charge in [0.05, 0.1) is 7.11 Å². The summed E-state index contributed by atoms with van der Waals surface area (Å²) in [5.74, 6) is 1.15. The van der Waals surface area contributed by atoms with Crippen LogP contribution in [0.15, 0.2) is 18.2 Å². The van der Waals surface area contributed by atoms with Crippen molar-refractivity contribution in [1.82, 2.24) is 5.32 Å². The molecule has 0 aliphatic carbocycles. The number of ether oxygens (including phenoxy) is 1. The summed E-state index contributed by atoms with van der Waals surface area (Å²) in [6, 6.07) is 5.47. The van der Waals surface area contributed by atoms with Crippen molar-refractivity contribution >= 4 is 5.91 Å². The third-order valence-corrected chi connectivity index (χ3v) is 2.34. The van der Waals surface area contributed by atoms with E-state index < -0.39 is 0 Å². The van der Waals surface area contributed by atoms with Crippen LogP contribution >= 0.6 is 0 Å². The van der Waals surface area contributed by atoms with Crippen molar-refractivity contribution in [3.8, 4) is 5.75 Å². The molecule has 0 spiro atoms. The van der Waals surface area contributed by atoms with Crippen LogP contribution in [-0.4, -0.2) is 19.6 Å². The van der Waals surface area contributed by atoms with Crippen LogP contribution in [0.2, 0.25) is 0 Å². The lowest BCUT2D eigenvalue weighted by Crippen LogP contribution is -2.27. The number of hydrogen-bond acceptors (Lipinski definition) is 2. The highest BCUT2D eigenvalue weighted by Gasteiger charge is 2.08. The lowest BCUT2D eigenvalue weighted by atomic mass is 10.1. The summed E-state index contributed by atoms with van der Waals surface area (Å²) in [7, 11) is 1.61. The average Bonchev–Trinajstić information content (AvgIpc) is 2.26. The average molecular weight is 221 g/mol. The second kappa shape index (κ2) is 5.54. The first-order chi connectivity index (χ1) is 7.54. The lowest BCUT2D eigenvalue weighted by Gasteiger charge is -2.09. The van der Waals surface area contributed by atoms with E-state index in [0.29, 0.717) is 18.0 Å². The number of rotatable bonds is 4. The molecule has 3 nitrogen and oxygen atoms in total. The molecule has 0 heterocycles. The maximum absolute atomic E-state index is 11.8. The Morgan fingerprint density at radius 2 is 2.12 bits per heavy atom. The predicted octanol–water partition coefficient (Wildman–Crippen LogP) is 2.39. The molecule has 0 aliphatic rings. The molecule has 1 rings (SSSR count). The topological polar surface area (TPSA) is 38.3 Å². The largest absolute Gasteiger partial charge is 0.496 e. The third kappa shape index (κ3) is 3.26. The Hall–Kier alpha value is -1.51. The monoisotopic (exact) mass is 221 g/mol. The molecule has 0 unspecified atom stereocenters. The van der Waals surface area contributed by atoms with Gasteiger partial charge >= 0.3 is 0 Å². The maximum atomic E-state index is 11.8. The molecule has 0 fully saturated rings. The van der Waals surface area contributed by atoms with Gasteiger partial charge in [-0.15, -0.1) is 0 Å². The Balaban J connectivity index is 2.76. The van der Waals surface area contributed by atoms with Gasteiger partial charge in [0.2, 0.25) is 0 Å². The van der Waals surface area contributed by atoms with E-state index in [1.54, 1.807) is 13.2 Å². The molecule has 88 valence electrons. The Kier molecular flexibility index (Phi) is 4.35. The molecule has 0 bridgehead atoms. The van der Waals surface area contributed by atoms with Crippen LogP contribution in [0.4, 0.5) is 0 Å². The number of amides is 1. The molecule has 0 radical (unpaired) electrons. The van der Waals surface area contributed by atoms with Crippen LogP contribution in [0.3, 0.4) is 0 Å². The highest BCUT2D eigenvalue weighted by atomic mass is 16.5. The fraction of sp³-hybridized carbons (Fsp3) is 0.462. The van der Waals surface area contributed by atoms with Gasteiger partial charge in [-0.05, 0) is 30.5 Å². The minimum atomic E-state index is -0.0491. The van der Waals surface area contributed by atoms with E-state index in [2.05, 4.69) is 19.2 Å². The number of methoxy groups -OCH3 is 1. The van der Waals surface area contributed by atoms with Gasteiger partial charge in [-0.25, -0.2) is 0 Å². The molecule has 1 aromatic carbocycles. The number of aryl methyl sites for hydroxylation is 1. The molecule has 1 N–H and O–H groups in total. The summed E-state index contributed by atoms with van der Waals surface area (Å²) in [6.45, 7) is 6.77. The summed E-state index contributed by atoms with van der Waals surface area (Å²) in [5.41, 5.74) is 1.67. The van der Waals surface area contributed by atoms with E-state index in [1.165, 1.54) is 0 Å². The summed E-state index contributed by atoms with van der Waals surface area (Å²) < 4.78 is 5.18. The van der Waals surface area contributed by atoms with Gasteiger partial charge in [0, 0.05) is 12.1 Å². The van der Waals surface area contributed by atoms with Crippen molar-refractivity contribution < 1.29 is 9.53 Å². The summed E-state index contributed by atoms with van der Waals surface area (Å²) in [5, 5.41) is 2.87. The Morgan fingerprint density at radius 3 is 2.69 bits per heavy atom. The smallest absolute Gasteiger partial charge is 0.251 e. The molecular formula is C13H19NO2. The number of benzene rings is 1.